The molecule has 0 saturated heterocycles. The number of hydrogen-bond donors (Lipinski definition) is 3. The average molecular weight is 233 g/mol. The lowest BCUT2D eigenvalue weighted by molar-refractivity contribution is 0.227. The first-order valence-electron chi connectivity index (χ1n) is 5.31. The Morgan fingerprint density at radius 3 is 3.00 bits per heavy atom. The number of nitrogens with zero attached hydrogens (tertiary/aromatic N) is 1. The van der Waals surface area contributed by atoms with Crippen molar-refractivity contribution in [2.75, 3.05) is 18.5 Å². The van der Waals surface area contributed by atoms with Crippen LogP contribution in [0.2, 0.25) is 0 Å². The number of urea groups is 1. The van der Waals surface area contributed by atoms with E-state index < -0.39 is 0 Å². The van der Waals surface area contributed by atoms with Gasteiger partial charge in [0.2, 0.25) is 0 Å². The maximum Gasteiger partial charge on any atom is 0.319 e. The van der Waals surface area contributed by atoms with Gasteiger partial charge in [0.1, 0.15) is 0 Å². The largest absolute Gasteiger partial charge is 0.396 e. The van der Waals surface area contributed by atoms with Crippen LogP contribution in [0.1, 0.15) is 12.5 Å². The number of amides is 2. The molecule has 5 heteroatoms. The van der Waals surface area contributed by atoms with Crippen molar-refractivity contribution in [1.29, 1.82) is 5.26 Å². The third-order valence-corrected chi connectivity index (χ3v) is 2.17. The quantitative estimate of drug-likeness (QED) is 0.733. The highest BCUT2D eigenvalue weighted by atomic mass is 16.3. The Balaban J connectivity index is 2.48. The van der Waals surface area contributed by atoms with Crippen LogP contribution in [0.3, 0.4) is 0 Å². The maximum atomic E-state index is 11.4. The Bertz CT molecular complexity index is 426. The molecule has 0 fully saturated rings. The molecule has 2 amide bonds. The minimum Gasteiger partial charge on any atom is -0.396 e. The monoisotopic (exact) mass is 233 g/mol. The van der Waals surface area contributed by atoms with Gasteiger partial charge in [-0.05, 0) is 24.1 Å². The normalized spacial score (nSPS) is 11.4. The topological polar surface area (TPSA) is 85.2 Å². The zero-order valence-corrected chi connectivity index (χ0v) is 9.60. The van der Waals surface area contributed by atoms with Crippen LogP contribution >= 0.6 is 0 Å². The predicted octanol–water partition coefficient (Wildman–Crippen LogP) is 1.31. The summed E-state index contributed by atoms with van der Waals surface area (Å²) in [5, 5.41) is 22.7. The summed E-state index contributed by atoms with van der Waals surface area (Å²) in [5.41, 5.74) is 1.06. The smallest absolute Gasteiger partial charge is 0.319 e. The zero-order chi connectivity index (χ0) is 12.7. The number of carbonyl (C=O) groups is 1. The molecule has 1 atom stereocenters. The summed E-state index contributed by atoms with van der Waals surface area (Å²) in [7, 11) is 0. The first-order chi connectivity index (χ1) is 8.15. The van der Waals surface area contributed by atoms with E-state index in [1.54, 1.807) is 24.3 Å². The van der Waals surface area contributed by atoms with Gasteiger partial charge in [0.15, 0.2) is 0 Å². The number of nitriles is 1. The molecule has 0 radical (unpaired) electrons. The minimum atomic E-state index is -0.347. The lowest BCUT2D eigenvalue weighted by Gasteiger charge is -2.10. The van der Waals surface area contributed by atoms with Crippen LogP contribution in [0.25, 0.3) is 0 Å². The van der Waals surface area contributed by atoms with Gasteiger partial charge in [-0.2, -0.15) is 5.26 Å². The lowest BCUT2D eigenvalue weighted by atomic mass is 10.2. The summed E-state index contributed by atoms with van der Waals surface area (Å²) < 4.78 is 0. The van der Waals surface area contributed by atoms with Crippen molar-refractivity contribution in [3.63, 3.8) is 0 Å². The number of carbonyl (C=O) groups excluding carboxylic acids is 1. The van der Waals surface area contributed by atoms with Gasteiger partial charge in [-0.15, -0.1) is 0 Å². The summed E-state index contributed by atoms with van der Waals surface area (Å²) in [6.45, 7) is 2.26. The fourth-order valence-corrected chi connectivity index (χ4v) is 1.17. The van der Waals surface area contributed by atoms with Crippen LogP contribution in [-0.2, 0) is 0 Å². The first kappa shape index (κ1) is 13.0. The molecular formula is C12H15N3O2. The number of nitrogens with one attached hydrogen (secondary N) is 2. The van der Waals surface area contributed by atoms with E-state index in [9.17, 15) is 4.79 Å². The first-order valence-corrected chi connectivity index (χ1v) is 5.31. The number of benzene rings is 1. The molecule has 90 valence electrons. The van der Waals surface area contributed by atoms with Gasteiger partial charge >= 0.3 is 6.03 Å². The van der Waals surface area contributed by atoms with Crippen LogP contribution in [0.4, 0.5) is 10.5 Å². The van der Waals surface area contributed by atoms with Crippen molar-refractivity contribution in [1.82, 2.24) is 5.32 Å². The fourth-order valence-electron chi connectivity index (χ4n) is 1.17. The van der Waals surface area contributed by atoms with E-state index in [4.69, 9.17) is 10.4 Å². The summed E-state index contributed by atoms with van der Waals surface area (Å²) in [5.74, 6) is 0.0196. The summed E-state index contributed by atoms with van der Waals surface area (Å²) in [6.07, 6.45) is 0. The molecule has 17 heavy (non-hydrogen) atoms. The molecule has 3 N–H and O–H groups in total. The van der Waals surface area contributed by atoms with Crippen molar-refractivity contribution in [2.24, 2.45) is 5.92 Å². The van der Waals surface area contributed by atoms with Gasteiger partial charge in [0, 0.05) is 18.8 Å². The number of aliphatic hydroxyl groups excluding tert-OH is 1. The van der Waals surface area contributed by atoms with E-state index in [-0.39, 0.29) is 18.6 Å². The molecule has 0 aliphatic carbocycles. The van der Waals surface area contributed by atoms with Crippen LogP contribution in [0, 0.1) is 17.2 Å². The summed E-state index contributed by atoms with van der Waals surface area (Å²) in [6, 6.07) is 8.31. The molecule has 1 rings (SSSR count). The molecule has 0 aliphatic heterocycles. The van der Waals surface area contributed by atoms with Gasteiger partial charge in [0.25, 0.3) is 0 Å². The second kappa shape index (κ2) is 6.51. The summed E-state index contributed by atoms with van der Waals surface area (Å²) in [4.78, 5) is 11.4. The standard InChI is InChI=1S/C12H15N3O2/c1-9(8-16)7-14-12(17)15-11-4-2-3-10(5-11)6-13/h2-5,9,16H,7-8H2,1H3,(H2,14,15,17). The maximum absolute atomic E-state index is 11.4. The number of rotatable bonds is 4. The van der Waals surface area contributed by atoms with Gasteiger partial charge in [0.05, 0.1) is 11.6 Å². The number of hydrogen-bond acceptors (Lipinski definition) is 3. The number of aliphatic hydroxyl groups is 1. The van der Waals surface area contributed by atoms with Gasteiger partial charge < -0.3 is 15.7 Å². The van der Waals surface area contributed by atoms with E-state index in [2.05, 4.69) is 10.6 Å². The second-order valence-electron chi connectivity index (χ2n) is 3.82. The molecule has 5 nitrogen and oxygen atoms in total. The van der Waals surface area contributed by atoms with Crippen molar-refractivity contribution in [3.05, 3.63) is 29.8 Å². The average Bonchev–Trinajstić information content (AvgIpc) is 2.36. The minimum absolute atomic E-state index is 0.0196. The lowest BCUT2D eigenvalue weighted by Crippen LogP contribution is -2.33. The van der Waals surface area contributed by atoms with Crippen LogP contribution in [0.15, 0.2) is 24.3 Å². The Hall–Kier alpha value is -2.06. The zero-order valence-electron chi connectivity index (χ0n) is 9.60. The molecule has 0 aromatic heterocycles. The Kier molecular flexibility index (Phi) is 4.98. The van der Waals surface area contributed by atoms with Crippen molar-refractivity contribution in [3.8, 4) is 6.07 Å². The van der Waals surface area contributed by atoms with Crippen molar-refractivity contribution < 1.29 is 9.90 Å². The summed E-state index contributed by atoms with van der Waals surface area (Å²) >= 11 is 0. The van der Waals surface area contributed by atoms with Gasteiger partial charge in [-0.25, -0.2) is 4.79 Å². The highest BCUT2D eigenvalue weighted by Crippen LogP contribution is 2.09. The second-order valence-corrected chi connectivity index (χ2v) is 3.82. The fraction of sp³-hybridized carbons (Fsp3) is 0.333. The Labute approximate surface area is 100 Å². The van der Waals surface area contributed by atoms with Crippen LogP contribution in [-0.4, -0.2) is 24.3 Å². The number of anilines is 1. The Morgan fingerprint density at radius 2 is 2.35 bits per heavy atom. The van der Waals surface area contributed by atoms with Crippen LogP contribution in [0.5, 0.6) is 0 Å². The molecule has 1 unspecified atom stereocenters. The molecular weight excluding hydrogens is 218 g/mol. The molecule has 0 saturated carbocycles. The Morgan fingerprint density at radius 1 is 1.59 bits per heavy atom. The van der Waals surface area contributed by atoms with Crippen LogP contribution < -0.4 is 10.6 Å². The van der Waals surface area contributed by atoms with E-state index in [1.165, 1.54) is 0 Å². The van der Waals surface area contributed by atoms with Gasteiger partial charge in [-0.1, -0.05) is 13.0 Å². The SMILES string of the molecule is CC(CO)CNC(=O)Nc1cccc(C#N)c1. The predicted molar refractivity (Wildman–Crippen MR) is 64.4 cm³/mol. The highest BCUT2D eigenvalue weighted by Gasteiger charge is 2.04. The van der Waals surface area contributed by atoms with E-state index in [0.717, 1.165) is 0 Å². The third-order valence-electron chi connectivity index (χ3n) is 2.17. The van der Waals surface area contributed by atoms with Crippen molar-refractivity contribution >= 4 is 11.7 Å². The highest BCUT2D eigenvalue weighted by molar-refractivity contribution is 5.89. The van der Waals surface area contributed by atoms with E-state index in [1.807, 2.05) is 13.0 Å². The molecule has 0 aliphatic rings. The molecule has 0 bridgehead atoms. The molecule has 0 heterocycles. The molecule has 0 spiro atoms. The molecule has 1 aromatic rings. The third kappa shape index (κ3) is 4.53. The van der Waals surface area contributed by atoms with E-state index >= 15 is 0 Å². The molecule has 1 aromatic carbocycles. The van der Waals surface area contributed by atoms with E-state index in [0.29, 0.717) is 17.8 Å². The van der Waals surface area contributed by atoms with Crippen molar-refractivity contribution in [2.45, 2.75) is 6.92 Å². The van der Waals surface area contributed by atoms with Gasteiger partial charge in [-0.3, -0.25) is 0 Å².